The summed E-state index contributed by atoms with van der Waals surface area (Å²) in [5.41, 5.74) is 4.57. The Kier molecular flexibility index (Phi) is 3.68. The number of halogens is 1. The summed E-state index contributed by atoms with van der Waals surface area (Å²) in [4.78, 5) is 16.0. The first-order chi connectivity index (χ1) is 10.1. The lowest BCUT2D eigenvalue weighted by molar-refractivity contribution is -0.139. The molecule has 1 N–H and O–H groups in total. The molecule has 0 radical (unpaired) electrons. The third-order valence-electron chi connectivity index (χ3n) is 4.07. The molecule has 21 heavy (non-hydrogen) atoms. The number of carbonyl (C=O) groups is 1. The van der Waals surface area contributed by atoms with Gasteiger partial charge in [-0.05, 0) is 49.4 Å². The van der Waals surface area contributed by atoms with Crippen LogP contribution in [0.2, 0.25) is 5.02 Å². The zero-order chi connectivity index (χ0) is 15.0. The van der Waals surface area contributed by atoms with Crippen molar-refractivity contribution in [2.24, 2.45) is 0 Å². The van der Waals surface area contributed by atoms with Crippen molar-refractivity contribution in [3.8, 4) is 11.3 Å². The van der Waals surface area contributed by atoms with E-state index < -0.39 is 11.9 Å². The van der Waals surface area contributed by atoms with Gasteiger partial charge < -0.3 is 5.11 Å². The summed E-state index contributed by atoms with van der Waals surface area (Å²) in [7, 11) is 0. The smallest absolute Gasteiger partial charge is 0.311 e. The number of aryl methyl sites for hydroxylation is 2. The topological polar surface area (TPSA) is 50.2 Å². The van der Waals surface area contributed by atoms with E-state index in [-0.39, 0.29) is 0 Å². The molecule has 1 aromatic carbocycles. The van der Waals surface area contributed by atoms with Crippen molar-refractivity contribution in [3.05, 3.63) is 52.2 Å². The maximum Gasteiger partial charge on any atom is 0.311 e. The molecular weight excluding hydrogens is 286 g/mol. The van der Waals surface area contributed by atoms with Gasteiger partial charge in [-0.1, -0.05) is 29.8 Å². The average molecular weight is 302 g/mol. The summed E-state index contributed by atoms with van der Waals surface area (Å²) >= 11 is 6.29. The van der Waals surface area contributed by atoms with Crippen LogP contribution in [0, 0.1) is 6.92 Å². The Hall–Kier alpha value is -1.87. The minimum absolute atomic E-state index is 0.428. The molecule has 0 aliphatic heterocycles. The number of carboxylic acids is 1. The van der Waals surface area contributed by atoms with Crippen molar-refractivity contribution in [2.75, 3.05) is 0 Å². The van der Waals surface area contributed by atoms with E-state index in [2.05, 4.69) is 0 Å². The van der Waals surface area contributed by atoms with Gasteiger partial charge in [0.1, 0.15) is 0 Å². The normalized spacial score (nSPS) is 17.3. The molecule has 0 saturated heterocycles. The SMILES string of the molecule is Cc1cccc(Cl)c1-c1ccc2c(n1)CCCC2C(=O)O. The van der Waals surface area contributed by atoms with Gasteiger partial charge in [0.25, 0.3) is 0 Å². The van der Waals surface area contributed by atoms with Crippen LogP contribution in [0.15, 0.2) is 30.3 Å². The van der Waals surface area contributed by atoms with Crippen LogP contribution in [-0.4, -0.2) is 16.1 Å². The zero-order valence-electron chi connectivity index (χ0n) is 11.8. The molecule has 0 saturated carbocycles. The van der Waals surface area contributed by atoms with Gasteiger partial charge in [-0.3, -0.25) is 9.78 Å². The van der Waals surface area contributed by atoms with E-state index in [1.165, 1.54) is 0 Å². The molecule has 1 aromatic heterocycles. The number of pyridine rings is 1. The summed E-state index contributed by atoms with van der Waals surface area (Å²) in [5, 5.41) is 9.98. The number of aliphatic carboxylic acids is 1. The molecule has 1 unspecified atom stereocenters. The summed E-state index contributed by atoms with van der Waals surface area (Å²) in [6.07, 6.45) is 2.38. The lowest BCUT2D eigenvalue weighted by Gasteiger charge is -2.22. The molecular formula is C17H16ClNO2. The molecule has 3 rings (SSSR count). The Bertz CT molecular complexity index is 692. The van der Waals surface area contributed by atoms with Gasteiger partial charge in [-0.15, -0.1) is 0 Å². The van der Waals surface area contributed by atoms with Crippen molar-refractivity contribution in [1.29, 1.82) is 0 Å². The number of hydrogen-bond acceptors (Lipinski definition) is 2. The molecule has 2 aromatic rings. The highest BCUT2D eigenvalue weighted by molar-refractivity contribution is 6.33. The van der Waals surface area contributed by atoms with E-state index in [1.807, 2.05) is 37.3 Å². The van der Waals surface area contributed by atoms with Gasteiger partial charge in [-0.25, -0.2) is 0 Å². The van der Waals surface area contributed by atoms with E-state index in [9.17, 15) is 9.90 Å². The number of rotatable bonds is 2. The van der Waals surface area contributed by atoms with Gasteiger partial charge in [0.15, 0.2) is 0 Å². The molecule has 4 heteroatoms. The fourth-order valence-electron chi connectivity index (χ4n) is 3.01. The first-order valence-electron chi connectivity index (χ1n) is 7.06. The summed E-state index contributed by atoms with van der Waals surface area (Å²) < 4.78 is 0. The van der Waals surface area contributed by atoms with E-state index >= 15 is 0 Å². The number of carboxylic acid groups (broad SMARTS) is 1. The van der Waals surface area contributed by atoms with Crippen LogP contribution in [0.5, 0.6) is 0 Å². The Morgan fingerprint density at radius 3 is 2.86 bits per heavy atom. The number of nitrogens with zero attached hydrogens (tertiary/aromatic N) is 1. The van der Waals surface area contributed by atoms with Gasteiger partial charge >= 0.3 is 5.97 Å². The lowest BCUT2D eigenvalue weighted by Crippen LogP contribution is -2.19. The molecule has 3 nitrogen and oxygen atoms in total. The Morgan fingerprint density at radius 2 is 2.14 bits per heavy atom. The quantitative estimate of drug-likeness (QED) is 0.903. The predicted octanol–water partition coefficient (Wildman–Crippen LogP) is 4.21. The van der Waals surface area contributed by atoms with Gasteiger partial charge in [0.05, 0.1) is 16.6 Å². The van der Waals surface area contributed by atoms with Crippen LogP contribution < -0.4 is 0 Å². The van der Waals surface area contributed by atoms with E-state index in [1.54, 1.807) is 0 Å². The minimum atomic E-state index is -0.764. The number of aromatic nitrogens is 1. The fraction of sp³-hybridized carbons (Fsp3) is 0.294. The Morgan fingerprint density at radius 1 is 1.33 bits per heavy atom. The van der Waals surface area contributed by atoms with Crippen LogP contribution in [0.1, 0.15) is 35.6 Å². The molecule has 0 bridgehead atoms. The maximum atomic E-state index is 11.3. The molecule has 0 amide bonds. The van der Waals surface area contributed by atoms with E-state index in [4.69, 9.17) is 16.6 Å². The molecule has 1 heterocycles. The lowest BCUT2D eigenvalue weighted by atomic mass is 9.85. The highest BCUT2D eigenvalue weighted by Gasteiger charge is 2.27. The van der Waals surface area contributed by atoms with Crippen molar-refractivity contribution in [1.82, 2.24) is 4.98 Å². The monoisotopic (exact) mass is 301 g/mol. The average Bonchev–Trinajstić information content (AvgIpc) is 2.46. The van der Waals surface area contributed by atoms with Gasteiger partial charge in [-0.2, -0.15) is 0 Å². The van der Waals surface area contributed by atoms with Crippen LogP contribution in [0.4, 0.5) is 0 Å². The van der Waals surface area contributed by atoms with Crippen molar-refractivity contribution < 1.29 is 9.90 Å². The molecule has 108 valence electrons. The minimum Gasteiger partial charge on any atom is -0.481 e. The van der Waals surface area contributed by atoms with Crippen molar-refractivity contribution >= 4 is 17.6 Å². The van der Waals surface area contributed by atoms with Crippen LogP contribution in [-0.2, 0) is 11.2 Å². The molecule has 1 aliphatic rings. The van der Waals surface area contributed by atoms with Crippen LogP contribution in [0.3, 0.4) is 0 Å². The maximum absolute atomic E-state index is 11.3. The third kappa shape index (κ3) is 2.54. The van der Waals surface area contributed by atoms with Crippen molar-refractivity contribution in [3.63, 3.8) is 0 Å². The molecule has 0 fully saturated rings. The zero-order valence-corrected chi connectivity index (χ0v) is 12.5. The van der Waals surface area contributed by atoms with Gasteiger partial charge in [0.2, 0.25) is 0 Å². The largest absolute Gasteiger partial charge is 0.481 e. The Balaban J connectivity index is 2.10. The highest BCUT2D eigenvalue weighted by atomic mass is 35.5. The number of fused-ring (bicyclic) bond motifs is 1. The first-order valence-corrected chi connectivity index (χ1v) is 7.44. The number of benzene rings is 1. The van der Waals surface area contributed by atoms with Crippen LogP contribution >= 0.6 is 11.6 Å². The molecule has 1 aliphatic carbocycles. The second-order valence-corrected chi connectivity index (χ2v) is 5.85. The highest BCUT2D eigenvalue weighted by Crippen LogP contribution is 2.35. The van der Waals surface area contributed by atoms with Gasteiger partial charge in [0, 0.05) is 11.3 Å². The second kappa shape index (κ2) is 5.49. The van der Waals surface area contributed by atoms with Crippen LogP contribution in [0.25, 0.3) is 11.3 Å². The molecule has 0 spiro atoms. The summed E-state index contributed by atoms with van der Waals surface area (Å²) in [5.74, 6) is -1.19. The summed E-state index contributed by atoms with van der Waals surface area (Å²) in [6.45, 7) is 2.00. The predicted molar refractivity (Wildman–Crippen MR) is 82.7 cm³/mol. The second-order valence-electron chi connectivity index (χ2n) is 5.45. The van der Waals surface area contributed by atoms with Crippen molar-refractivity contribution in [2.45, 2.75) is 32.1 Å². The summed E-state index contributed by atoms with van der Waals surface area (Å²) in [6, 6.07) is 9.56. The standard InChI is InChI=1S/C17H16ClNO2/c1-10-4-2-6-13(18)16(10)15-9-8-11-12(17(20)21)5-3-7-14(11)19-15/h2,4,6,8-9,12H,3,5,7H2,1H3,(H,20,21). The first kappa shape index (κ1) is 14.1. The third-order valence-corrected chi connectivity index (χ3v) is 4.38. The van der Waals surface area contributed by atoms with E-state index in [0.717, 1.165) is 40.9 Å². The van der Waals surface area contributed by atoms with E-state index in [0.29, 0.717) is 11.4 Å². The number of hydrogen-bond donors (Lipinski definition) is 1. The fourth-order valence-corrected chi connectivity index (χ4v) is 3.33. The Labute approximate surface area is 128 Å². The molecule has 1 atom stereocenters.